The summed E-state index contributed by atoms with van der Waals surface area (Å²) in [6.07, 6.45) is 1.07. The quantitative estimate of drug-likeness (QED) is 0.388. The molecular formula is C16H21N3O5. The molecule has 1 aliphatic heterocycles. The van der Waals surface area contributed by atoms with Gasteiger partial charge in [0.1, 0.15) is 5.69 Å². The van der Waals surface area contributed by atoms with Crippen molar-refractivity contribution in [2.24, 2.45) is 11.8 Å². The Balaban J connectivity index is 1.96. The number of ether oxygens (including phenoxy) is 1. The van der Waals surface area contributed by atoms with E-state index in [0.29, 0.717) is 24.9 Å². The molecule has 1 aliphatic rings. The third-order valence-electron chi connectivity index (χ3n) is 4.01. The molecule has 2 rings (SSSR count). The van der Waals surface area contributed by atoms with Gasteiger partial charge in [-0.3, -0.25) is 14.9 Å². The van der Waals surface area contributed by atoms with Crippen molar-refractivity contribution in [3.63, 3.8) is 0 Å². The van der Waals surface area contributed by atoms with Crippen molar-refractivity contribution in [1.29, 1.82) is 0 Å². The minimum atomic E-state index is -0.787. The van der Waals surface area contributed by atoms with Crippen molar-refractivity contribution in [2.45, 2.75) is 20.3 Å². The number of nitro benzene ring substituents is 1. The van der Waals surface area contributed by atoms with Crippen LogP contribution in [-0.4, -0.2) is 41.4 Å². The summed E-state index contributed by atoms with van der Waals surface area (Å²) in [6, 6.07) is 3.65. The van der Waals surface area contributed by atoms with Crippen LogP contribution in [0.25, 0.3) is 0 Å². The Kier molecular flexibility index (Phi) is 5.38. The second-order valence-electron chi connectivity index (χ2n) is 6.35. The molecule has 1 aromatic carbocycles. The maximum atomic E-state index is 12.2. The number of nitrogens with two attached hydrogens (primary N) is 1. The molecule has 2 atom stereocenters. The van der Waals surface area contributed by atoms with Crippen molar-refractivity contribution in [2.75, 3.05) is 25.4 Å². The van der Waals surface area contributed by atoms with Gasteiger partial charge < -0.3 is 15.4 Å². The van der Waals surface area contributed by atoms with E-state index in [1.54, 1.807) is 4.90 Å². The van der Waals surface area contributed by atoms with Crippen LogP contribution in [0.2, 0.25) is 0 Å². The Hall–Kier alpha value is -2.64. The first kappa shape index (κ1) is 17.7. The number of anilines is 1. The molecular weight excluding hydrogens is 314 g/mol. The van der Waals surface area contributed by atoms with Crippen LogP contribution in [0.3, 0.4) is 0 Å². The lowest BCUT2D eigenvalue weighted by Crippen LogP contribution is -2.44. The van der Waals surface area contributed by atoms with E-state index in [2.05, 4.69) is 13.8 Å². The number of likely N-dealkylation sites (tertiary alicyclic amines) is 1. The number of nitrogens with zero attached hydrogens (tertiary/aromatic N) is 2. The van der Waals surface area contributed by atoms with Crippen LogP contribution in [0, 0.1) is 22.0 Å². The second kappa shape index (κ2) is 7.29. The van der Waals surface area contributed by atoms with Gasteiger partial charge in [-0.05, 0) is 30.4 Å². The molecule has 0 saturated carbocycles. The number of benzene rings is 1. The number of piperidine rings is 1. The molecule has 1 saturated heterocycles. The molecule has 8 heteroatoms. The summed E-state index contributed by atoms with van der Waals surface area (Å²) in [6.45, 7) is 5.07. The molecule has 8 nitrogen and oxygen atoms in total. The Bertz CT molecular complexity index is 651. The van der Waals surface area contributed by atoms with E-state index in [4.69, 9.17) is 10.5 Å². The maximum Gasteiger partial charge on any atom is 0.338 e. The third kappa shape index (κ3) is 4.21. The number of hydrogen-bond donors (Lipinski definition) is 1. The lowest BCUT2D eigenvalue weighted by Gasteiger charge is -2.34. The van der Waals surface area contributed by atoms with Crippen LogP contribution in [-0.2, 0) is 9.53 Å². The van der Waals surface area contributed by atoms with Crippen LogP contribution >= 0.6 is 0 Å². The van der Waals surface area contributed by atoms with E-state index in [1.165, 1.54) is 12.1 Å². The SMILES string of the molecule is C[C@H]1C[C@H](C)CN(C(=O)COC(=O)c2ccc(N)c([N+](=O)[O-])c2)C1. The molecule has 0 unspecified atom stereocenters. The molecule has 1 aromatic rings. The predicted molar refractivity (Wildman–Crippen MR) is 87.3 cm³/mol. The zero-order valence-electron chi connectivity index (χ0n) is 13.7. The van der Waals surface area contributed by atoms with Crippen LogP contribution in [0.1, 0.15) is 30.6 Å². The molecule has 0 spiro atoms. The van der Waals surface area contributed by atoms with Crippen molar-refractivity contribution < 1.29 is 19.2 Å². The van der Waals surface area contributed by atoms with Crippen LogP contribution in [0.4, 0.5) is 11.4 Å². The van der Waals surface area contributed by atoms with Crippen LogP contribution in [0.5, 0.6) is 0 Å². The normalized spacial score (nSPS) is 20.5. The number of nitrogen functional groups attached to an aromatic ring is 1. The molecule has 1 heterocycles. The van der Waals surface area contributed by atoms with Crippen molar-refractivity contribution in [1.82, 2.24) is 4.90 Å². The largest absolute Gasteiger partial charge is 0.452 e. The van der Waals surface area contributed by atoms with E-state index < -0.39 is 10.9 Å². The zero-order valence-corrected chi connectivity index (χ0v) is 13.7. The van der Waals surface area contributed by atoms with Crippen LogP contribution < -0.4 is 5.73 Å². The van der Waals surface area contributed by atoms with E-state index in [9.17, 15) is 19.7 Å². The molecule has 0 aliphatic carbocycles. The van der Waals surface area contributed by atoms with Gasteiger partial charge in [-0.15, -0.1) is 0 Å². The van der Waals surface area contributed by atoms with Gasteiger partial charge in [-0.25, -0.2) is 4.79 Å². The highest BCUT2D eigenvalue weighted by molar-refractivity contribution is 5.92. The first-order valence-electron chi connectivity index (χ1n) is 7.76. The van der Waals surface area contributed by atoms with Gasteiger partial charge in [0.15, 0.2) is 6.61 Å². The van der Waals surface area contributed by atoms with Crippen LogP contribution in [0.15, 0.2) is 18.2 Å². The molecule has 0 bridgehead atoms. The second-order valence-corrected chi connectivity index (χ2v) is 6.35. The fourth-order valence-electron chi connectivity index (χ4n) is 3.00. The topological polar surface area (TPSA) is 116 Å². The highest BCUT2D eigenvalue weighted by atomic mass is 16.6. The minimum absolute atomic E-state index is 0.0101. The smallest absolute Gasteiger partial charge is 0.338 e. The summed E-state index contributed by atoms with van der Waals surface area (Å²) in [4.78, 5) is 36.0. The van der Waals surface area contributed by atoms with E-state index in [0.717, 1.165) is 12.5 Å². The average Bonchev–Trinajstić information content (AvgIpc) is 2.51. The summed E-state index contributed by atoms with van der Waals surface area (Å²) >= 11 is 0. The standard InChI is InChI=1S/C16H21N3O5/c1-10-5-11(2)8-18(7-10)15(20)9-24-16(21)12-3-4-13(17)14(6-12)19(22)23/h3-4,6,10-11H,5,7-9,17H2,1-2H3/t10-,11-/m0/s1. The number of carbonyl (C=O) groups excluding carboxylic acids is 2. The molecule has 24 heavy (non-hydrogen) atoms. The Morgan fingerprint density at radius 2 is 1.96 bits per heavy atom. The summed E-state index contributed by atoms with van der Waals surface area (Å²) in [5.74, 6) is -0.224. The highest BCUT2D eigenvalue weighted by Gasteiger charge is 2.26. The number of amides is 1. The van der Waals surface area contributed by atoms with Gasteiger partial charge in [0.2, 0.25) is 0 Å². The van der Waals surface area contributed by atoms with Gasteiger partial charge in [0.25, 0.3) is 11.6 Å². The molecule has 1 amide bonds. The van der Waals surface area contributed by atoms with Crippen molar-refractivity contribution >= 4 is 23.3 Å². The van der Waals surface area contributed by atoms with E-state index in [1.807, 2.05) is 0 Å². The summed E-state index contributed by atoms with van der Waals surface area (Å²) in [5.41, 5.74) is 5.07. The number of hydrogen-bond acceptors (Lipinski definition) is 6. The van der Waals surface area contributed by atoms with Gasteiger partial charge >= 0.3 is 5.97 Å². The molecule has 2 N–H and O–H groups in total. The molecule has 130 valence electrons. The third-order valence-corrected chi connectivity index (χ3v) is 4.01. The lowest BCUT2D eigenvalue weighted by atomic mass is 9.92. The highest BCUT2D eigenvalue weighted by Crippen LogP contribution is 2.23. The molecule has 1 fully saturated rings. The van der Waals surface area contributed by atoms with Crippen molar-refractivity contribution in [3.05, 3.63) is 33.9 Å². The average molecular weight is 335 g/mol. The van der Waals surface area contributed by atoms with Gasteiger partial charge in [-0.1, -0.05) is 13.8 Å². The van der Waals surface area contributed by atoms with E-state index >= 15 is 0 Å². The zero-order chi connectivity index (χ0) is 17.9. The number of carbonyl (C=O) groups is 2. The van der Waals surface area contributed by atoms with Gasteiger partial charge in [0, 0.05) is 19.2 Å². The molecule has 0 radical (unpaired) electrons. The fraction of sp³-hybridized carbons (Fsp3) is 0.500. The van der Waals surface area contributed by atoms with Crippen molar-refractivity contribution in [3.8, 4) is 0 Å². The molecule has 0 aromatic heterocycles. The Labute approximate surface area is 139 Å². The van der Waals surface area contributed by atoms with Gasteiger partial charge in [-0.2, -0.15) is 0 Å². The predicted octanol–water partition coefficient (Wildman–Crippen LogP) is 1.84. The van der Waals surface area contributed by atoms with Gasteiger partial charge in [0.05, 0.1) is 10.5 Å². The Morgan fingerprint density at radius 1 is 1.33 bits per heavy atom. The Morgan fingerprint density at radius 3 is 2.54 bits per heavy atom. The monoisotopic (exact) mass is 335 g/mol. The number of esters is 1. The number of nitro groups is 1. The first-order valence-corrected chi connectivity index (χ1v) is 7.76. The minimum Gasteiger partial charge on any atom is -0.452 e. The summed E-state index contributed by atoms with van der Waals surface area (Å²) < 4.78 is 4.99. The number of rotatable bonds is 4. The summed E-state index contributed by atoms with van der Waals surface area (Å²) in [5, 5.41) is 10.8. The lowest BCUT2D eigenvalue weighted by molar-refractivity contribution is -0.383. The summed E-state index contributed by atoms with van der Waals surface area (Å²) in [7, 11) is 0. The maximum absolute atomic E-state index is 12.2. The van der Waals surface area contributed by atoms with E-state index in [-0.39, 0.29) is 29.5 Å². The fourth-order valence-corrected chi connectivity index (χ4v) is 3.00. The first-order chi connectivity index (χ1) is 11.3.